The van der Waals surface area contributed by atoms with E-state index in [9.17, 15) is 4.79 Å². The van der Waals surface area contributed by atoms with E-state index in [2.05, 4.69) is 35.4 Å². The number of carbonyl (C=O) groups excluding carboxylic acids is 1. The summed E-state index contributed by atoms with van der Waals surface area (Å²) in [5.74, 6) is -0.0609. The van der Waals surface area contributed by atoms with E-state index >= 15 is 0 Å². The second-order valence-corrected chi connectivity index (χ2v) is 6.09. The lowest BCUT2D eigenvalue weighted by Gasteiger charge is -2.03. The number of amides is 1. The minimum absolute atomic E-state index is 0.0609. The third-order valence-electron chi connectivity index (χ3n) is 4.22. The summed E-state index contributed by atoms with van der Waals surface area (Å²) in [6.45, 7) is 4.75. The summed E-state index contributed by atoms with van der Waals surface area (Å²) in [6.07, 6.45) is 6.30. The maximum Gasteiger partial charge on any atom is 0.244 e. The smallest absolute Gasteiger partial charge is 0.244 e. The molecule has 0 bridgehead atoms. The van der Waals surface area contributed by atoms with Crippen molar-refractivity contribution in [3.05, 3.63) is 77.0 Å². The van der Waals surface area contributed by atoms with Gasteiger partial charge >= 0.3 is 0 Å². The molecule has 1 heterocycles. The number of benzene rings is 2. The second-order valence-electron chi connectivity index (χ2n) is 6.09. The molecule has 24 heavy (non-hydrogen) atoms. The molecule has 0 aliphatic heterocycles. The summed E-state index contributed by atoms with van der Waals surface area (Å²) < 4.78 is 0. The normalized spacial score (nSPS) is 11.2. The van der Waals surface area contributed by atoms with Gasteiger partial charge in [0.15, 0.2) is 0 Å². The molecule has 3 heteroatoms. The lowest BCUT2D eigenvalue weighted by Crippen LogP contribution is -2.23. The number of H-pyrrole nitrogens is 1. The van der Waals surface area contributed by atoms with Gasteiger partial charge in [0.05, 0.1) is 0 Å². The van der Waals surface area contributed by atoms with Crippen LogP contribution in [0.2, 0.25) is 0 Å². The zero-order valence-electron chi connectivity index (χ0n) is 14.1. The second kappa shape index (κ2) is 7.18. The number of carbonyl (C=O) groups is 1. The van der Waals surface area contributed by atoms with Gasteiger partial charge in [-0.05, 0) is 55.2 Å². The van der Waals surface area contributed by atoms with Gasteiger partial charge in [-0.3, -0.25) is 4.79 Å². The SMILES string of the molecule is Cc1ccc2[nH]cc(CCNC(=O)C=Cc3ccccc3C)c2c1. The average Bonchev–Trinajstić information content (AvgIpc) is 2.96. The van der Waals surface area contributed by atoms with Crippen LogP contribution < -0.4 is 5.32 Å². The molecule has 0 atom stereocenters. The Morgan fingerprint density at radius 3 is 2.83 bits per heavy atom. The fourth-order valence-electron chi connectivity index (χ4n) is 2.82. The largest absolute Gasteiger partial charge is 0.361 e. The van der Waals surface area contributed by atoms with E-state index in [1.807, 2.05) is 43.5 Å². The molecule has 0 unspecified atom stereocenters. The van der Waals surface area contributed by atoms with Crippen LogP contribution in [-0.2, 0) is 11.2 Å². The molecule has 3 rings (SSSR count). The van der Waals surface area contributed by atoms with Gasteiger partial charge < -0.3 is 10.3 Å². The van der Waals surface area contributed by atoms with Crippen LogP contribution in [0.4, 0.5) is 0 Å². The Bertz CT molecular complexity index is 890. The summed E-state index contributed by atoms with van der Waals surface area (Å²) in [7, 11) is 0. The van der Waals surface area contributed by atoms with Crippen LogP contribution in [0.3, 0.4) is 0 Å². The lowest BCUT2D eigenvalue weighted by molar-refractivity contribution is -0.116. The molecule has 122 valence electrons. The molecule has 0 aliphatic rings. The number of aromatic amines is 1. The van der Waals surface area contributed by atoms with E-state index in [1.165, 1.54) is 16.5 Å². The van der Waals surface area contributed by atoms with Gasteiger partial charge in [0.2, 0.25) is 5.91 Å². The van der Waals surface area contributed by atoms with Crippen molar-refractivity contribution < 1.29 is 4.79 Å². The van der Waals surface area contributed by atoms with Crippen LogP contribution in [0.5, 0.6) is 0 Å². The maximum absolute atomic E-state index is 12.0. The van der Waals surface area contributed by atoms with Crippen molar-refractivity contribution in [1.82, 2.24) is 10.3 Å². The van der Waals surface area contributed by atoms with Crippen molar-refractivity contribution in [2.75, 3.05) is 6.54 Å². The molecule has 2 aromatic carbocycles. The number of fused-ring (bicyclic) bond motifs is 1. The summed E-state index contributed by atoms with van der Waals surface area (Å²) in [5, 5.41) is 4.19. The van der Waals surface area contributed by atoms with E-state index < -0.39 is 0 Å². The number of hydrogen-bond acceptors (Lipinski definition) is 1. The van der Waals surface area contributed by atoms with Gasteiger partial charge in [0.25, 0.3) is 0 Å². The first-order valence-electron chi connectivity index (χ1n) is 8.21. The fraction of sp³-hybridized carbons (Fsp3) is 0.190. The van der Waals surface area contributed by atoms with Gasteiger partial charge in [0, 0.05) is 29.7 Å². The number of aromatic nitrogens is 1. The van der Waals surface area contributed by atoms with Gasteiger partial charge in [-0.1, -0.05) is 35.9 Å². The quantitative estimate of drug-likeness (QED) is 0.682. The minimum Gasteiger partial charge on any atom is -0.361 e. The molecular formula is C21H22N2O. The van der Waals surface area contributed by atoms with Crippen molar-refractivity contribution >= 4 is 22.9 Å². The Morgan fingerprint density at radius 1 is 1.17 bits per heavy atom. The lowest BCUT2D eigenvalue weighted by atomic mass is 10.1. The predicted molar refractivity (Wildman–Crippen MR) is 100.0 cm³/mol. The Hall–Kier alpha value is -2.81. The molecule has 0 spiro atoms. The highest BCUT2D eigenvalue weighted by atomic mass is 16.1. The molecule has 3 aromatic rings. The number of aryl methyl sites for hydroxylation is 2. The van der Waals surface area contributed by atoms with Crippen LogP contribution in [-0.4, -0.2) is 17.4 Å². The highest BCUT2D eigenvalue weighted by Crippen LogP contribution is 2.19. The summed E-state index contributed by atoms with van der Waals surface area (Å²) in [5.41, 5.74) is 5.85. The van der Waals surface area contributed by atoms with Gasteiger partial charge in [-0.25, -0.2) is 0 Å². The molecule has 0 aliphatic carbocycles. The third-order valence-corrected chi connectivity index (χ3v) is 4.22. The topological polar surface area (TPSA) is 44.9 Å². The van der Waals surface area contributed by atoms with Gasteiger partial charge in [-0.15, -0.1) is 0 Å². The predicted octanol–water partition coefficient (Wildman–Crippen LogP) is 4.16. The summed E-state index contributed by atoms with van der Waals surface area (Å²) in [6, 6.07) is 14.4. The van der Waals surface area contributed by atoms with Gasteiger partial charge in [-0.2, -0.15) is 0 Å². The van der Waals surface area contributed by atoms with Crippen molar-refractivity contribution in [1.29, 1.82) is 0 Å². The molecule has 3 nitrogen and oxygen atoms in total. The van der Waals surface area contributed by atoms with Crippen molar-refractivity contribution in [3.8, 4) is 0 Å². The maximum atomic E-state index is 12.0. The van der Waals surface area contributed by atoms with E-state index in [4.69, 9.17) is 0 Å². The summed E-state index contributed by atoms with van der Waals surface area (Å²) >= 11 is 0. The number of nitrogens with one attached hydrogen (secondary N) is 2. The monoisotopic (exact) mass is 318 g/mol. The molecular weight excluding hydrogens is 296 g/mol. The Morgan fingerprint density at radius 2 is 2.00 bits per heavy atom. The van der Waals surface area contributed by atoms with E-state index in [1.54, 1.807) is 6.08 Å². The molecule has 0 radical (unpaired) electrons. The molecule has 0 saturated carbocycles. The average molecular weight is 318 g/mol. The Kier molecular flexibility index (Phi) is 4.80. The fourth-order valence-corrected chi connectivity index (χ4v) is 2.82. The minimum atomic E-state index is -0.0609. The zero-order valence-corrected chi connectivity index (χ0v) is 14.1. The van der Waals surface area contributed by atoms with Crippen LogP contribution in [0.1, 0.15) is 22.3 Å². The molecule has 1 amide bonds. The van der Waals surface area contributed by atoms with Gasteiger partial charge in [0.1, 0.15) is 0 Å². The van der Waals surface area contributed by atoms with Crippen LogP contribution in [0.15, 0.2) is 54.7 Å². The highest BCUT2D eigenvalue weighted by molar-refractivity contribution is 5.92. The van der Waals surface area contributed by atoms with Crippen LogP contribution in [0.25, 0.3) is 17.0 Å². The standard InChI is InChI=1S/C21H22N2O/c1-15-7-9-20-19(13-15)18(14-23-20)11-12-22-21(24)10-8-17-6-4-3-5-16(17)2/h3-10,13-14,23H,11-12H2,1-2H3,(H,22,24). The number of rotatable bonds is 5. The zero-order chi connectivity index (χ0) is 16.9. The first kappa shape index (κ1) is 16.1. The Balaban J connectivity index is 1.57. The molecule has 0 fully saturated rings. The van der Waals surface area contributed by atoms with Crippen LogP contribution in [0, 0.1) is 13.8 Å². The van der Waals surface area contributed by atoms with Crippen molar-refractivity contribution in [2.24, 2.45) is 0 Å². The molecule has 0 saturated heterocycles. The summed E-state index contributed by atoms with van der Waals surface area (Å²) in [4.78, 5) is 15.2. The highest BCUT2D eigenvalue weighted by Gasteiger charge is 2.04. The molecule has 1 aromatic heterocycles. The van der Waals surface area contributed by atoms with E-state index in [0.717, 1.165) is 23.1 Å². The van der Waals surface area contributed by atoms with Crippen LogP contribution >= 0.6 is 0 Å². The van der Waals surface area contributed by atoms with Crippen molar-refractivity contribution in [3.63, 3.8) is 0 Å². The van der Waals surface area contributed by atoms with E-state index in [-0.39, 0.29) is 5.91 Å². The first-order chi connectivity index (χ1) is 11.6. The third kappa shape index (κ3) is 3.74. The Labute approximate surface area is 142 Å². The number of hydrogen-bond donors (Lipinski definition) is 2. The van der Waals surface area contributed by atoms with E-state index in [0.29, 0.717) is 6.54 Å². The first-order valence-corrected chi connectivity index (χ1v) is 8.21. The molecule has 2 N–H and O–H groups in total. The van der Waals surface area contributed by atoms with Crippen molar-refractivity contribution in [2.45, 2.75) is 20.3 Å².